The van der Waals surface area contributed by atoms with Crippen LogP contribution < -0.4 is 10.3 Å². The summed E-state index contributed by atoms with van der Waals surface area (Å²) in [7, 11) is 0. The number of esters is 1. The Kier molecular flexibility index (Phi) is 3.98. The molecular weight excluding hydrogens is 261 g/mol. The molecule has 0 saturated heterocycles. The van der Waals surface area contributed by atoms with E-state index in [2.05, 4.69) is 0 Å². The molecule has 0 N–H and O–H groups in total. The van der Waals surface area contributed by atoms with Crippen LogP contribution in [0.2, 0.25) is 0 Å². The van der Waals surface area contributed by atoms with Crippen LogP contribution in [0.4, 0.5) is 4.39 Å². The van der Waals surface area contributed by atoms with Gasteiger partial charge >= 0.3 is 5.97 Å². The molecule has 1 heterocycles. The highest BCUT2D eigenvalue weighted by molar-refractivity contribution is 5.90. The molecular formula is C15H14FNO3. The zero-order valence-electron chi connectivity index (χ0n) is 11.2. The van der Waals surface area contributed by atoms with Crippen molar-refractivity contribution in [2.45, 2.75) is 20.4 Å². The Morgan fingerprint density at radius 2 is 1.95 bits per heavy atom. The number of carbonyl (C=O) groups is 1. The summed E-state index contributed by atoms with van der Waals surface area (Å²) in [5.41, 5.74) is 0.360. The quantitative estimate of drug-likeness (QED) is 0.639. The largest absolute Gasteiger partial charge is 0.423 e. The molecule has 0 saturated carbocycles. The number of pyridine rings is 1. The van der Waals surface area contributed by atoms with Gasteiger partial charge in [-0.2, -0.15) is 0 Å². The standard InChI is InChI=1S/C15H14FNO3/c1-3-17-9-10(2)8-13(14(17)18)15(19)20-12-6-4-11(16)5-7-12/h4-9H,3H2,1-2H3. The van der Waals surface area contributed by atoms with E-state index in [-0.39, 0.29) is 11.3 Å². The highest BCUT2D eigenvalue weighted by atomic mass is 19.1. The van der Waals surface area contributed by atoms with Crippen molar-refractivity contribution >= 4 is 5.97 Å². The summed E-state index contributed by atoms with van der Waals surface area (Å²) in [6.07, 6.45) is 1.68. The Hall–Kier alpha value is -2.43. The lowest BCUT2D eigenvalue weighted by Gasteiger charge is -2.08. The number of hydrogen-bond acceptors (Lipinski definition) is 3. The predicted octanol–water partition coefficient (Wildman–Crippen LogP) is 2.53. The first-order valence-corrected chi connectivity index (χ1v) is 6.20. The second-order valence-electron chi connectivity index (χ2n) is 4.37. The highest BCUT2D eigenvalue weighted by Gasteiger charge is 2.15. The van der Waals surface area contributed by atoms with E-state index >= 15 is 0 Å². The molecule has 1 aromatic heterocycles. The smallest absolute Gasteiger partial charge is 0.349 e. The van der Waals surface area contributed by atoms with Crippen LogP contribution in [-0.4, -0.2) is 10.5 Å². The van der Waals surface area contributed by atoms with E-state index < -0.39 is 17.3 Å². The van der Waals surface area contributed by atoms with Crippen molar-refractivity contribution in [1.29, 1.82) is 0 Å². The van der Waals surface area contributed by atoms with Gasteiger partial charge in [0.25, 0.3) is 5.56 Å². The molecule has 0 amide bonds. The second kappa shape index (κ2) is 5.69. The Morgan fingerprint density at radius 3 is 2.55 bits per heavy atom. The summed E-state index contributed by atoms with van der Waals surface area (Å²) < 4.78 is 19.3. The van der Waals surface area contributed by atoms with Crippen LogP contribution in [-0.2, 0) is 6.54 Å². The molecule has 0 unspecified atom stereocenters. The van der Waals surface area contributed by atoms with Crippen LogP contribution in [0, 0.1) is 12.7 Å². The van der Waals surface area contributed by atoms with Gasteiger partial charge in [-0.1, -0.05) is 0 Å². The van der Waals surface area contributed by atoms with Gasteiger partial charge in [0.2, 0.25) is 0 Å². The van der Waals surface area contributed by atoms with E-state index in [0.717, 1.165) is 5.56 Å². The van der Waals surface area contributed by atoms with Gasteiger partial charge in [-0.15, -0.1) is 0 Å². The van der Waals surface area contributed by atoms with Crippen molar-refractivity contribution in [2.75, 3.05) is 0 Å². The zero-order chi connectivity index (χ0) is 14.7. The Balaban J connectivity index is 2.32. The molecule has 104 valence electrons. The fourth-order valence-corrected chi connectivity index (χ4v) is 1.83. The Morgan fingerprint density at radius 1 is 1.30 bits per heavy atom. The fourth-order valence-electron chi connectivity index (χ4n) is 1.83. The number of benzene rings is 1. The maximum absolute atomic E-state index is 12.8. The van der Waals surface area contributed by atoms with E-state index in [4.69, 9.17) is 4.74 Å². The summed E-state index contributed by atoms with van der Waals surface area (Å²) >= 11 is 0. The molecule has 4 nitrogen and oxygen atoms in total. The van der Waals surface area contributed by atoms with Crippen molar-refractivity contribution < 1.29 is 13.9 Å². The molecule has 0 radical (unpaired) electrons. The molecule has 20 heavy (non-hydrogen) atoms. The van der Waals surface area contributed by atoms with Gasteiger partial charge in [0.1, 0.15) is 17.1 Å². The van der Waals surface area contributed by atoms with Crippen molar-refractivity contribution in [2.24, 2.45) is 0 Å². The minimum Gasteiger partial charge on any atom is -0.423 e. The van der Waals surface area contributed by atoms with E-state index in [1.165, 1.54) is 34.9 Å². The first-order chi connectivity index (χ1) is 9.51. The van der Waals surface area contributed by atoms with E-state index in [9.17, 15) is 14.0 Å². The molecule has 0 aliphatic carbocycles. The third kappa shape index (κ3) is 2.93. The van der Waals surface area contributed by atoms with Gasteiger partial charge < -0.3 is 9.30 Å². The van der Waals surface area contributed by atoms with Gasteiger partial charge in [-0.05, 0) is 49.7 Å². The molecule has 1 aromatic carbocycles. The first-order valence-electron chi connectivity index (χ1n) is 6.20. The predicted molar refractivity (Wildman–Crippen MR) is 72.5 cm³/mol. The topological polar surface area (TPSA) is 48.3 Å². The molecule has 0 aliphatic heterocycles. The fraction of sp³-hybridized carbons (Fsp3) is 0.200. The average Bonchev–Trinajstić information content (AvgIpc) is 2.43. The summed E-state index contributed by atoms with van der Waals surface area (Å²) in [5.74, 6) is -0.971. The number of hydrogen-bond donors (Lipinski definition) is 0. The summed E-state index contributed by atoms with van der Waals surface area (Å²) in [5, 5.41) is 0. The minimum absolute atomic E-state index is 0.0313. The normalized spacial score (nSPS) is 10.3. The maximum Gasteiger partial charge on any atom is 0.349 e. The third-order valence-electron chi connectivity index (χ3n) is 2.81. The van der Waals surface area contributed by atoms with Crippen molar-refractivity contribution in [3.8, 4) is 5.75 Å². The van der Waals surface area contributed by atoms with Crippen LogP contribution in [0.25, 0.3) is 0 Å². The number of halogens is 1. The Bertz CT molecular complexity index is 689. The monoisotopic (exact) mass is 275 g/mol. The molecule has 0 aliphatic rings. The van der Waals surface area contributed by atoms with Crippen molar-refractivity contribution in [3.05, 3.63) is 63.8 Å². The molecule has 2 aromatic rings. The minimum atomic E-state index is -0.743. The molecule has 0 bridgehead atoms. The van der Waals surface area contributed by atoms with Gasteiger partial charge in [-0.25, -0.2) is 9.18 Å². The molecule has 5 heteroatoms. The first kappa shape index (κ1) is 14.0. The highest BCUT2D eigenvalue weighted by Crippen LogP contribution is 2.13. The van der Waals surface area contributed by atoms with Crippen LogP contribution in [0.15, 0.2) is 41.3 Å². The third-order valence-corrected chi connectivity index (χ3v) is 2.81. The molecule has 0 atom stereocenters. The number of aromatic nitrogens is 1. The lowest BCUT2D eigenvalue weighted by molar-refractivity contribution is 0.0732. The summed E-state index contributed by atoms with van der Waals surface area (Å²) in [6.45, 7) is 4.08. The molecule has 2 rings (SSSR count). The van der Waals surface area contributed by atoms with Crippen molar-refractivity contribution in [3.63, 3.8) is 0 Å². The van der Waals surface area contributed by atoms with Crippen LogP contribution in [0.3, 0.4) is 0 Å². The average molecular weight is 275 g/mol. The lowest BCUT2D eigenvalue weighted by atomic mass is 10.2. The van der Waals surface area contributed by atoms with Gasteiger partial charge in [0.15, 0.2) is 0 Å². The number of ether oxygens (including phenoxy) is 1. The molecule has 0 spiro atoms. The van der Waals surface area contributed by atoms with E-state index in [1.54, 1.807) is 13.1 Å². The zero-order valence-corrected chi connectivity index (χ0v) is 11.2. The van der Waals surface area contributed by atoms with E-state index in [0.29, 0.717) is 6.54 Å². The van der Waals surface area contributed by atoms with Crippen LogP contribution >= 0.6 is 0 Å². The summed E-state index contributed by atoms with van der Waals surface area (Å²) in [4.78, 5) is 24.1. The lowest BCUT2D eigenvalue weighted by Crippen LogP contribution is -2.28. The number of aryl methyl sites for hydroxylation is 2. The van der Waals surface area contributed by atoms with Gasteiger partial charge in [-0.3, -0.25) is 4.79 Å². The SMILES string of the molecule is CCn1cc(C)cc(C(=O)Oc2ccc(F)cc2)c1=O. The number of rotatable bonds is 3. The van der Waals surface area contributed by atoms with Gasteiger partial charge in [0.05, 0.1) is 0 Å². The maximum atomic E-state index is 12.8. The van der Waals surface area contributed by atoms with Crippen LogP contribution in [0.5, 0.6) is 5.75 Å². The van der Waals surface area contributed by atoms with Crippen molar-refractivity contribution in [1.82, 2.24) is 4.57 Å². The van der Waals surface area contributed by atoms with E-state index in [1.807, 2.05) is 6.92 Å². The Labute approximate surface area is 115 Å². The summed E-state index contributed by atoms with van der Waals surface area (Å²) in [6, 6.07) is 6.52. The second-order valence-corrected chi connectivity index (χ2v) is 4.37. The number of nitrogens with zero attached hydrogens (tertiary/aromatic N) is 1. The van der Waals surface area contributed by atoms with Crippen LogP contribution in [0.1, 0.15) is 22.8 Å². The number of carbonyl (C=O) groups excluding carboxylic acids is 1. The molecule has 0 fully saturated rings. The van der Waals surface area contributed by atoms with Gasteiger partial charge in [0, 0.05) is 12.7 Å².